The number of aromatic nitrogens is 2. The maximum atomic E-state index is 6.03. The fraction of sp³-hybridized carbons (Fsp3) is 0.231. The SMILES string of the molecule is CNC(c1ccc(Cl)c(Cl)c1)c1ncc(C)cn1. The lowest BCUT2D eigenvalue weighted by Crippen LogP contribution is -2.20. The van der Waals surface area contributed by atoms with Crippen LogP contribution in [0.5, 0.6) is 0 Å². The largest absolute Gasteiger partial charge is 0.307 e. The molecule has 18 heavy (non-hydrogen) atoms. The highest BCUT2D eigenvalue weighted by atomic mass is 35.5. The van der Waals surface area contributed by atoms with Gasteiger partial charge >= 0.3 is 0 Å². The summed E-state index contributed by atoms with van der Waals surface area (Å²) < 4.78 is 0. The van der Waals surface area contributed by atoms with Crippen LogP contribution in [0, 0.1) is 6.92 Å². The van der Waals surface area contributed by atoms with Crippen LogP contribution in [-0.2, 0) is 0 Å². The van der Waals surface area contributed by atoms with Gasteiger partial charge in [-0.3, -0.25) is 0 Å². The maximum Gasteiger partial charge on any atom is 0.149 e. The summed E-state index contributed by atoms with van der Waals surface area (Å²) in [6.45, 7) is 1.96. The van der Waals surface area contributed by atoms with E-state index < -0.39 is 0 Å². The summed E-state index contributed by atoms with van der Waals surface area (Å²) in [5.74, 6) is 0.710. The fourth-order valence-electron chi connectivity index (χ4n) is 1.69. The second-order valence-corrected chi connectivity index (χ2v) is 4.83. The molecule has 5 heteroatoms. The first-order valence-electron chi connectivity index (χ1n) is 5.52. The van der Waals surface area contributed by atoms with Crippen molar-refractivity contribution in [3.05, 3.63) is 57.6 Å². The molecule has 0 saturated carbocycles. The molecule has 1 aromatic carbocycles. The average molecular weight is 282 g/mol. The lowest BCUT2D eigenvalue weighted by molar-refractivity contribution is 0.645. The number of hydrogen-bond acceptors (Lipinski definition) is 3. The van der Waals surface area contributed by atoms with Gasteiger partial charge in [-0.25, -0.2) is 9.97 Å². The summed E-state index contributed by atoms with van der Waals surface area (Å²) >= 11 is 11.9. The van der Waals surface area contributed by atoms with E-state index in [1.807, 2.05) is 26.1 Å². The summed E-state index contributed by atoms with van der Waals surface area (Å²) in [6, 6.07) is 5.42. The number of benzene rings is 1. The van der Waals surface area contributed by atoms with Crippen LogP contribution in [0.25, 0.3) is 0 Å². The van der Waals surface area contributed by atoms with Crippen LogP contribution in [-0.4, -0.2) is 17.0 Å². The van der Waals surface area contributed by atoms with Gasteiger partial charge in [-0.2, -0.15) is 0 Å². The van der Waals surface area contributed by atoms with Gasteiger partial charge in [0.25, 0.3) is 0 Å². The summed E-state index contributed by atoms with van der Waals surface area (Å²) in [7, 11) is 1.86. The van der Waals surface area contributed by atoms with Gasteiger partial charge in [0, 0.05) is 12.4 Å². The molecule has 0 aliphatic carbocycles. The zero-order valence-corrected chi connectivity index (χ0v) is 11.6. The van der Waals surface area contributed by atoms with Crippen LogP contribution in [0.1, 0.15) is 23.0 Å². The van der Waals surface area contributed by atoms with Crippen molar-refractivity contribution in [1.29, 1.82) is 0 Å². The second kappa shape index (κ2) is 5.65. The highest BCUT2D eigenvalue weighted by Crippen LogP contribution is 2.27. The molecule has 0 fully saturated rings. The van der Waals surface area contributed by atoms with Crippen molar-refractivity contribution in [1.82, 2.24) is 15.3 Å². The molecular weight excluding hydrogens is 269 g/mol. The summed E-state index contributed by atoms with van der Waals surface area (Å²) in [6.07, 6.45) is 3.59. The molecule has 1 unspecified atom stereocenters. The van der Waals surface area contributed by atoms with E-state index in [-0.39, 0.29) is 6.04 Å². The number of aryl methyl sites for hydroxylation is 1. The van der Waals surface area contributed by atoms with Gasteiger partial charge in [-0.1, -0.05) is 29.3 Å². The Balaban J connectivity index is 2.38. The van der Waals surface area contributed by atoms with Crippen molar-refractivity contribution in [2.75, 3.05) is 7.05 Å². The predicted molar refractivity (Wildman–Crippen MR) is 74.1 cm³/mol. The van der Waals surface area contributed by atoms with E-state index in [0.29, 0.717) is 15.9 Å². The molecule has 1 N–H and O–H groups in total. The van der Waals surface area contributed by atoms with E-state index in [1.165, 1.54) is 0 Å². The smallest absolute Gasteiger partial charge is 0.149 e. The second-order valence-electron chi connectivity index (χ2n) is 4.01. The molecule has 1 aromatic heterocycles. The molecule has 2 rings (SSSR count). The van der Waals surface area contributed by atoms with E-state index in [9.17, 15) is 0 Å². The molecule has 0 aliphatic heterocycles. The van der Waals surface area contributed by atoms with Gasteiger partial charge in [-0.05, 0) is 37.2 Å². The van der Waals surface area contributed by atoms with Crippen LogP contribution in [0.2, 0.25) is 10.0 Å². The fourth-order valence-corrected chi connectivity index (χ4v) is 1.99. The molecular formula is C13H13Cl2N3. The van der Waals surface area contributed by atoms with Crippen LogP contribution in [0.3, 0.4) is 0 Å². The Labute approximate surface area is 116 Å². The van der Waals surface area contributed by atoms with Crippen molar-refractivity contribution in [2.24, 2.45) is 0 Å². The third kappa shape index (κ3) is 2.80. The first-order valence-corrected chi connectivity index (χ1v) is 6.28. The maximum absolute atomic E-state index is 6.03. The third-order valence-electron chi connectivity index (χ3n) is 2.62. The van der Waals surface area contributed by atoms with Crippen molar-refractivity contribution in [3.8, 4) is 0 Å². The predicted octanol–water partition coefficient (Wildman–Crippen LogP) is 3.40. The topological polar surface area (TPSA) is 37.8 Å². The Morgan fingerprint density at radius 3 is 2.33 bits per heavy atom. The van der Waals surface area contributed by atoms with Crippen LogP contribution >= 0.6 is 23.2 Å². The summed E-state index contributed by atoms with van der Waals surface area (Å²) in [4.78, 5) is 8.66. The highest BCUT2D eigenvalue weighted by Gasteiger charge is 2.15. The van der Waals surface area contributed by atoms with E-state index in [2.05, 4.69) is 15.3 Å². The average Bonchev–Trinajstić information content (AvgIpc) is 2.37. The van der Waals surface area contributed by atoms with Gasteiger partial charge < -0.3 is 5.32 Å². The normalized spacial score (nSPS) is 12.4. The zero-order chi connectivity index (χ0) is 13.1. The first kappa shape index (κ1) is 13.3. The standard InChI is InChI=1S/C13H13Cl2N3/c1-8-6-17-13(18-7-8)12(16-2)9-3-4-10(14)11(15)5-9/h3-7,12,16H,1-2H3. The van der Waals surface area contributed by atoms with Crippen molar-refractivity contribution in [2.45, 2.75) is 13.0 Å². The van der Waals surface area contributed by atoms with Crippen molar-refractivity contribution >= 4 is 23.2 Å². The van der Waals surface area contributed by atoms with Gasteiger partial charge in [0.15, 0.2) is 0 Å². The zero-order valence-electron chi connectivity index (χ0n) is 10.1. The van der Waals surface area contributed by atoms with Crippen molar-refractivity contribution < 1.29 is 0 Å². The minimum atomic E-state index is -0.0969. The van der Waals surface area contributed by atoms with Gasteiger partial charge in [-0.15, -0.1) is 0 Å². The third-order valence-corrected chi connectivity index (χ3v) is 3.36. The Hall–Kier alpha value is -1.16. The van der Waals surface area contributed by atoms with Gasteiger partial charge in [0.2, 0.25) is 0 Å². The minimum Gasteiger partial charge on any atom is -0.307 e. The molecule has 0 amide bonds. The molecule has 0 saturated heterocycles. The number of halogens is 2. The Kier molecular flexibility index (Phi) is 4.17. The molecule has 0 radical (unpaired) electrons. The number of nitrogens with one attached hydrogen (secondary N) is 1. The van der Waals surface area contributed by atoms with Gasteiger partial charge in [0.1, 0.15) is 5.82 Å². The van der Waals surface area contributed by atoms with Gasteiger partial charge in [0.05, 0.1) is 16.1 Å². The van der Waals surface area contributed by atoms with E-state index in [0.717, 1.165) is 11.1 Å². The van der Waals surface area contributed by atoms with Crippen LogP contribution in [0.15, 0.2) is 30.6 Å². The highest BCUT2D eigenvalue weighted by molar-refractivity contribution is 6.42. The summed E-state index contributed by atoms with van der Waals surface area (Å²) in [5, 5.41) is 4.24. The molecule has 3 nitrogen and oxygen atoms in total. The van der Waals surface area contributed by atoms with Crippen LogP contribution in [0.4, 0.5) is 0 Å². The number of nitrogens with zero attached hydrogens (tertiary/aromatic N) is 2. The van der Waals surface area contributed by atoms with E-state index in [4.69, 9.17) is 23.2 Å². The summed E-state index contributed by atoms with van der Waals surface area (Å²) in [5.41, 5.74) is 2.01. The van der Waals surface area contributed by atoms with Crippen molar-refractivity contribution in [3.63, 3.8) is 0 Å². The lowest BCUT2D eigenvalue weighted by atomic mass is 10.1. The molecule has 0 aliphatic rings. The Bertz CT molecular complexity index is 540. The molecule has 0 bridgehead atoms. The quantitative estimate of drug-likeness (QED) is 0.937. The molecule has 1 heterocycles. The molecule has 0 spiro atoms. The lowest BCUT2D eigenvalue weighted by Gasteiger charge is -2.15. The number of rotatable bonds is 3. The minimum absolute atomic E-state index is 0.0969. The van der Waals surface area contributed by atoms with Crippen LogP contribution < -0.4 is 5.32 Å². The Morgan fingerprint density at radius 1 is 1.11 bits per heavy atom. The molecule has 2 aromatic rings. The van der Waals surface area contributed by atoms with E-state index >= 15 is 0 Å². The molecule has 94 valence electrons. The molecule has 1 atom stereocenters. The van der Waals surface area contributed by atoms with E-state index in [1.54, 1.807) is 18.5 Å². The number of hydrogen-bond donors (Lipinski definition) is 1. The monoisotopic (exact) mass is 281 g/mol. The Morgan fingerprint density at radius 2 is 1.78 bits per heavy atom. The first-order chi connectivity index (χ1) is 8.61.